The second-order valence-corrected chi connectivity index (χ2v) is 4.47. The molecular formula is C17H10O6. The highest BCUT2D eigenvalue weighted by Gasteiger charge is 2.16. The molecule has 0 radical (unpaired) electrons. The molecule has 6 heteroatoms. The number of hydrogen-bond acceptors (Lipinski definition) is 3. The fraction of sp³-hybridized carbons (Fsp3) is 0. The first-order valence-corrected chi connectivity index (χ1v) is 6.35. The van der Waals surface area contributed by atoms with Gasteiger partial charge >= 0.3 is 17.9 Å². The average molecular weight is 310 g/mol. The molecule has 2 rings (SSSR count). The van der Waals surface area contributed by atoms with Crippen LogP contribution in [0.3, 0.4) is 0 Å². The highest BCUT2D eigenvalue weighted by Crippen LogP contribution is 2.15. The molecular weight excluding hydrogens is 300 g/mol. The third kappa shape index (κ3) is 3.54. The Bertz CT molecular complexity index is 838. The van der Waals surface area contributed by atoms with Crippen molar-refractivity contribution in [3.05, 3.63) is 70.3 Å². The Kier molecular flexibility index (Phi) is 4.43. The Morgan fingerprint density at radius 3 is 1.83 bits per heavy atom. The van der Waals surface area contributed by atoms with Gasteiger partial charge in [-0.1, -0.05) is 24.0 Å². The molecule has 0 unspecified atom stereocenters. The molecule has 0 saturated heterocycles. The molecule has 6 nitrogen and oxygen atoms in total. The molecule has 0 atom stereocenters. The van der Waals surface area contributed by atoms with Crippen molar-refractivity contribution in [3.8, 4) is 11.8 Å². The Hall–Kier alpha value is -3.59. The van der Waals surface area contributed by atoms with Gasteiger partial charge in [-0.3, -0.25) is 0 Å². The number of benzene rings is 2. The van der Waals surface area contributed by atoms with Gasteiger partial charge in [0.05, 0.1) is 22.3 Å². The number of carboxylic acids is 3. The normalized spacial score (nSPS) is 9.57. The van der Waals surface area contributed by atoms with Gasteiger partial charge in [0.15, 0.2) is 0 Å². The van der Waals surface area contributed by atoms with Crippen molar-refractivity contribution in [2.75, 3.05) is 0 Å². The average Bonchev–Trinajstić information content (AvgIpc) is 2.52. The second-order valence-electron chi connectivity index (χ2n) is 4.47. The zero-order valence-corrected chi connectivity index (χ0v) is 11.6. The standard InChI is InChI=1S/C17H10O6/c18-15(19)11-4-1-3-10(9-11)7-8-12-13(16(20)21)5-2-6-14(12)17(22)23/h1-6,9H,(H,18,19)(H,20,21)(H,22,23). The molecule has 0 aliphatic carbocycles. The van der Waals surface area contributed by atoms with Gasteiger partial charge in [-0.15, -0.1) is 0 Å². The summed E-state index contributed by atoms with van der Waals surface area (Å²) in [6.07, 6.45) is 0. The molecule has 2 aromatic carbocycles. The van der Waals surface area contributed by atoms with Crippen LogP contribution < -0.4 is 0 Å². The van der Waals surface area contributed by atoms with Crippen LogP contribution in [0.2, 0.25) is 0 Å². The van der Waals surface area contributed by atoms with Crippen LogP contribution in [0.5, 0.6) is 0 Å². The molecule has 0 spiro atoms. The van der Waals surface area contributed by atoms with E-state index in [1.807, 2.05) is 0 Å². The highest BCUT2D eigenvalue weighted by molar-refractivity contribution is 5.98. The van der Waals surface area contributed by atoms with Crippen molar-refractivity contribution in [3.63, 3.8) is 0 Å². The van der Waals surface area contributed by atoms with Gasteiger partial charge in [0, 0.05) is 5.56 Å². The van der Waals surface area contributed by atoms with Crippen LogP contribution >= 0.6 is 0 Å². The summed E-state index contributed by atoms with van der Waals surface area (Å²) in [5.74, 6) is 1.42. The Morgan fingerprint density at radius 1 is 0.739 bits per heavy atom. The zero-order valence-electron chi connectivity index (χ0n) is 11.6. The van der Waals surface area contributed by atoms with Gasteiger partial charge in [-0.25, -0.2) is 14.4 Å². The third-order valence-electron chi connectivity index (χ3n) is 2.97. The molecule has 23 heavy (non-hydrogen) atoms. The molecule has 0 fully saturated rings. The van der Waals surface area contributed by atoms with E-state index >= 15 is 0 Å². The Balaban J connectivity index is 2.57. The van der Waals surface area contributed by atoms with Crippen molar-refractivity contribution in [2.45, 2.75) is 0 Å². The summed E-state index contributed by atoms with van der Waals surface area (Å²) >= 11 is 0. The third-order valence-corrected chi connectivity index (χ3v) is 2.97. The molecule has 0 amide bonds. The molecule has 0 saturated carbocycles. The summed E-state index contributed by atoms with van der Waals surface area (Å²) in [6.45, 7) is 0. The molecule has 2 aromatic rings. The lowest BCUT2D eigenvalue weighted by Crippen LogP contribution is -2.07. The highest BCUT2D eigenvalue weighted by atomic mass is 16.4. The first-order valence-electron chi connectivity index (χ1n) is 6.35. The van der Waals surface area contributed by atoms with Crippen LogP contribution in [0.4, 0.5) is 0 Å². The number of carboxylic acid groups (broad SMARTS) is 3. The fourth-order valence-corrected chi connectivity index (χ4v) is 1.91. The van der Waals surface area contributed by atoms with Crippen LogP contribution in [-0.2, 0) is 0 Å². The first-order chi connectivity index (χ1) is 10.9. The summed E-state index contributed by atoms with van der Waals surface area (Å²) in [7, 11) is 0. The molecule has 0 aliphatic heterocycles. The number of rotatable bonds is 3. The maximum Gasteiger partial charge on any atom is 0.336 e. The van der Waals surface area contributed by atoms with Crippen LogP contribution in [0.1, 0.15) is 42.2 Å². The van der Waals surface area contributed by atoms with E-state index in [-0.39, 0.29) is 22.3 Å². The zero-order chi connectivity index (χ0) is 17.0. The van der Waals surface area contributed by atoms with E-state index in [0.29, 0.717) is 5.56 Å². The minimum Gasteiger partial charge on any atom is -0.478 e. The summed E-state index contributed by atoms with van der Waals surface area (Å²) in [4.78, 5) is 33.3. The smallest absolute Gasteiger partial charge is 0.336 e. The van der Waals surface area contributed by atoms with Gasteiger partial charge in [0.1, 0.15) is 0 Å². The van der Waals surface area contributed by atoms with E-state index in [2.05, 4.69) is 11.8 Å². The maximum absolute atomic E-state index is 11.2. The summed E-state index contributed by atoms with van der Waals surface area (Å²) in [6, 6.07) is 9.58. The van der Waals surface area contributed by atoms with Crippen LogP contribution in [0, 0.1) is 11.8 Å². The number of aromatic carboxylic acids is 3. The molecule has 3 N–H and O–H groups in total. The van der Waals surface area contributed by atoms with Crippen molar-refractivity contribution < 1.29 is 29.7 Å². The minimum absolute atomic E-state index is 0.0294. The lowest BCUT2D eigenvalue weighted by molar-refractivity contribution is 0.0682. The monoisotopic (exact) mass is 310 g/mol. The molecule has 0 aromatic heterocycles. The Labute approximate surface area is 130 Å². The van der Waals surface area contributed by atoms with Gasteiger partial charge in [-0.2, -0.15) is 0 Å². The Morgan fingerprint density at radius 2 is 1.30 bits per heavy atom. The van der Waals surface area contributed by atoms with Crippen molar-refractivity contribution in [1.82, 2.24) is 0 Å². The van der Waals surface area contributed by atoms with E-state index in [9.17, 15) is 14.4 Å². The maximum atomic E-state index is 11.2. The molecule has 0 bridgehead atoms. The molecule has 114 valence electrons. The van der Waals surface area contributed by atoms with E-state index in [0.717, 1.165) is 0 Å². The van der Waals surface area contributed by atoms with Gasteiger partial charge in [-0.05, 0) is 30.3 Å². The number of hydrogen-bond donors (Lipinski definition) is 3. The van der Waals surface area contributed by atoms with Crippen molar-refractivity contribution in [2.24, 2.45) is 0 Å². The minimum atomic E-state index is -1.29. The first kappa shape index (κ1) is 15.8. The summed E-state index contributed by atoms with van der Waals surface area (Å²) < 4.78 is 0. The van der Waals surface area contributed by atoms with Crippen LogP contribution in [0.15, 0.2) is 42.5 Å². The largest absolute Gasteiger partial charge is 0.478 e. The van der Waals surface area contributed by atoms with E-state index in [1.165, 1.54) is 36.4 Å². The SMILES string of the molecule is O=C(O)c1cccc(C#Cc2c(C(=O)O)cccc2C(=O)O)c1. The quantitative estimate of drug-likeness (QED) is 0.749. The van der Waals surface area contributed by atoms with Gasteiger partial charge in [0.25, 0.3) is 0 Å². The van der Waals surface area contributed by atoms with Gasteiger partial charge < -0.3 is 15.3 Å². The summed E-state index contributed by atoms with van der Waals surface area (Å²) in [5.41, 5.74) is -0.227. The predicted octanol–water partition coefficient (Wildman–Crippen LogP) is 2.18. The predicted molar refractivity (Wildman–Crippen MR) is 79.7 cm³/mol. The van der Waals surface area contributed by atoms with Crippen LogP contribution in [0.25, 0.3) is 0 Å². The fourth-order valence-electron chi connectivity index (χ4n) is 1.91. The topological polar surface area (TPSA) is 112 Å². The number of carbonyl (C=O) groups is 3. The lowest BCUT2D eigenvalue weighted by atomic mass is 10.0. The van der Waals surface area contributed by atoms with E-state index < -0.39 is 17.9 Å². The summed E-state index contributed by atoms with van der Waals surface area (Å²) in [5, 5.41) is 27.2. The lowest BCUT2D eigenvalue weighted by Gasteiger charge is -2.03. The van der Waals surface area contributed by atoms with Crippen molar-refractivity contribution >= 4 is 17.9 Å². The molecule has 0 aliphatic rings. The van der Waals surface area contributed by atoms with Crippen molar-refractivity contribution in [1.29, 1.82) is 0 Å². The van der Waals surface area contributed by atoms with E-state index in [1.54, 1.807) is 6.07 Å². The second kappa shape index (κ2) is 6.45. The van der Waals surface area contributed by atoms with E-state index in [4.69, 9.17) is 15.3 Å². The molecule has 0 heterocycles. The van der Waals surface area contributed by atoms with Crippen LogP contribution in [-0.4, -0.2) is 33.2 Å². The van der Waals surface area contributed by atoms with Gasteiger partial charge in [0.2, 0.25) is 0 Å².